The summed E-state index contributed by atoms with van der Waals surface area (Å²) in [5.74, 6) is -0.490. The largest absolute Gasteiger partial charge is 0.378 e. The first-order chi connectivity index (χ1) is 12.5. The Balaban J connectivity index is 1.75. The Morgan fingerprint density at radius 1 is 1.35 bits per heavy atom. The zero-order valence-electron chi connectivity index (χ0n) is 14.8. The molecular formula is C18H24Cl2N2O4. The number of amides is 2. The van der Waals surface area contributed by atoms with Crippen LogP contribution in [0.15, 0.2) is 18.2 Å². The first kappa shape index (κ1) is 21.0. The zero-order valence-corrected chi connectivity index (χ0v) is 16.3. The molecule has 1 aliphatic rings. The van der Waals surface area contributed by atoms with Gasteiger partial charge in [-0.15, -0.1) is 0 Å². The summed E-state index contributed by atoms with van der Waals surface area (Å²) < 4.78 is 11.0. The van der Waals surface area contributed by atoms with Crippen LogP contribution < -0.4 is 5.32 Å². The number of hydrogen-bond acceptors (Lipinski definition) is 4. The van der Waals surface area contributed by atoms with Gasteiger partial charge >= 0.3 is 0 Å². The maximum atomic E-state index is 12.3. The predicted molar refractivity (Wildman–Crippen MR) is 102 cm³/mol. The molecule has 2 rings (SSSR count). The fraction of sp³-hybridized carbons (Fsp3) is 0.556. The van der Waals surface area contributed by atoms with Gasteiger partial charge in [0.15, 0.2) is 0 Å². The van der Waals surface area contributed by atoms with E-state index < -0.39 is 0 Å². The lowest BCUT2D eigenvalue weighted by molar-refractivity contribution is -0.135. The zero-order chi connectivity index (χ0) is 18.9. The quantitative estimate of drug-likeness (QED) is 0.642. The molecule has 1 unspecified atom stereocenters. The Hall–Kier alpha value is -1.34. The maximum Gasteiger partial charge on any atom is 0.244 e. The molecule has 1 aliphatic heterocycles. The second-order valence-electron chi connectivity index (χ2n) is 6.01. The summed E-state index contributed by atoms with van der Waals surface area (Å²) >= 11 is 12.1. The molecule has 0 radical (unpaired) electrons. The molecule has 1 aromatic carbocycles. The summed E-state index contributed by atoms with van der Waals surface area (Å²) in [5.41, 5.74) is 0.351. The van der Waals surface area contributed by atoms with Crippen LogP contribution >= 0.6 is 23.2 Å². The van der Waals surface area contributed by atoms with Crippen molar-refractivity contribution in [1.82, 2.24) is 4.90 Å². The summed E-state index contributed by atoms with van der Waals surface area (Å²) in [5, 5.41) is 3.36. The number of carbonyl (C=O) groups is 2. The van der Waals surface area contributed by atoms with E-state index in [0.29, 0.717) is 35.5 Å². The van der Waals surface area contributed by atoms with E-state index in [1.54, 1.807) is 18.2 Å². The Labute approximate surface area is 163 Å². The van der Waals surface area contributed by atoms with Gasteiger partial charge in [-0.05, 0) is 31.9 Å². The van der Waals surface area contributed by atoms with Gasteiger partial charge in [0.1, 0.15) is 0 Å². The van der Waals surface area contributed by atoms with Crippen molar-refractivity contribution < 1.29 is 19.1 Å². The molecule has 1 N–H and O–H groups in total. The lowest BCUT2D eigenvalue weighted by Gasteiger charge is -2.21. The van der Waals surface area contributed by atoms with Gasteiger partial charge in [0.25, 0.3) is 0 Å². The van der Waals surface area contributed by atoms with Crippen LogP contribution in [-0.2, 0) is 19.1 Å². The highest BCUT2D eigenvalue weighted by molar-refractivity contribution is 6.39. The highest BCUT2D eigenvalue weighted by Crippen LogP contribution is 2.29. The van der Waals surface area contributed by atoms with Crippen molar-refractivity contribution in [1.29, 1.82) is 0 Å². The third-order valence-corrected chi connectivity index (χ3v) is 4.71. The van der Waals surface area contributed by atoms with Crippen molar-refractivity contribution in [2.24, 2.45) is 0 Å². The Bertz CT molecular complexity index is 601. The normalized spacial score (nSPS) is 16.5. The summed E-state index contributed by atoms with van der Waals surface area (Å²) in [6.45, 7) is 3.77. The molecule has 1 atom stereocenters. The predicted octanol–water partition coefficient (Wildman–Crippen LogP) is 3.37. The molecule has 1 heterocycles. The van der Waals surface area contributed by atoms with Crippen molar-refractivity contribution in [2.75, 3.05) is 38.2 Å². The molecule has 0 bridgehead atoms. The number of hydrogen-bond donors (Lipinski definition) is 1. The molecular weight excluding hydrogens is 379 g/mol. The van der Waals surface area contributed by atoms with Crippen LogP contribution in [0.2, 0.25) is 10.0 Å². The van der Waals surface area contributed by atoms with E-state index in [9.17, 15) is 9.59 Å². The summed E-state index contributed by atoms with van der Waals surface area (Å²) in [6.07, 6.45) is 2.42. The third kappa shape index (κ3) is 6.43. The van der Waals surface area contributed by atoms with Gasteiger partial charge in [0, 0.05) is 13.2 Å². The second kappa shape index (κ2) is 10.7. The van der Waals surface area contributed by atoms with E-state index in [0.717, 1.165) is 19.4 Å². The molecule has 0 aliphatic carbocycles. The van der Waals surface area contributed by atoms with E-state index in [2.05, 4.69) is 5.32 Å². The van der Waals surface area contributed by atoms with Crippen LogP contribution in [0.4, 0.5) is 5.69 Å². The van der Waals surface area contributed by atoms with Crippen molar-refractivity contribution >= 4 is 40.7 Å². The monoisotopic (exact) mass is 402 g/mol. The SMILES string of the molecule is CCN(CC(=O)Nc1c(Cl)cccc1Cl)C(=O)CCOCC1CCCO1. The molecule has 8 heteroatoms. The van der Waals surface area contributed by atoms with Crippen LogP contribution in [0.1, 0.15) is 26.2 Å². The number of halogens is 2. The smallest absolute Gasteiger partial charge is 0.244 e. The number of rotatable bonds is 9. The van der Waals surface area contributed by atoms with Gasteiger partial charge in [-0.2, -0.15) is 0 Å². The van der Waals surface area contributed by atoms with Gasteiger partial charge in [-0.1, -0.05) is 29.3 Å². The minimum atomic E-state index is -0.351. The molecule has 0 saturated carbocycles. The number of nitrogens with zero attached hydrogens (tertiary/aromatic N) is 1. The number of benzene rings is 1. The highest BCUT2D eigenvalue weighted by atomic mass is 35.5. The van der Waals surface area contributed by atoms with Crippen molar-refractivity contribution in [2.45, 2.75) is 32.3 Å². The fourth-order valence-electron chi connectivity index (χ4n) is 2.65. The van der Waals surface area contributed by atoms with Gasteiger partial charge in [0.2, 0.25) is 11.8 Å². The summed E-state index contributed by atoms with van der Waals surface area (Å²) in [4.78, 5) is 26.0. The van der Waals surface area contributed by atoms with Gasteiger partial charge in [-0.25, -0.2) is 0 Å². The van der Waals surface area contributed by atoms with Gasteiger partial charge in [0.05, 0.1) is 48.0 Å². The van der Waals surface area contributed by atoms with E-state index in [4.69, 9.17) is 32.7 Å². The van der Waals surface area contributed by atoms with Gasteiger partial charge in [-0.3, -0.25) is 9.59 Å². The maximum absolute atomic E-state index is 12.3. The third-order valence-electron chi connectivity index (χ3n) is 4.08. The Kier molecular flexibility index (Phi) is 8.65. The summed E-state index contributed by atoms with van der Waals surface area (Å²) in [7, 11) is 0. The van der Waals surface area contributed by atoms with Crippen molar-refractivity contribution in [3.05, 3.63) is 28.2 Å². The van der Waals surface area contributed by atoms with Crippen molar-refractivity contribution in [3.63, 3.8) is 0 Å². The summed E-state index contributed by atoms with van der Waals surface area (Å²) in [6, 6.07) is 4.97. The topological polar surface area (TPSA) is 67.9 Å². The van der Waals surface area contributed by atoms with E-state index in [1.807, 2.05) is 6.92 Å². The molecule has 1 fully saturated rings. The Morgan fingerprint density at radius 2 is 2.08 bits per heavy atom. The van der Waals surface area contributed by atoms with Crippen LogP contribution in [0.25, 0.3) is 0 Å². The van der Waals surface area contributed by atoms with E-state index >= 15 is 0 Å². The van der Waals surface area contributed by atoms with E-state index in [1.165, 1.54) is 4.90 Å². The average molecular weight is 403 g/mol. The van der Waals surface area contributed by atoms with Crippen LogP contribution in [0, 0.1) is 0 Å². The van der Waals surface area contributed by atoms with Crippen LogP contribution in [0.3, 0.4) is 0 Å². The van der Waals surface area contributed by atoms with Gasteiger partial charge < -0.3 is 19.7 Å². The number of carbonyl (C=O) groups excluding carboxylic acids is 2. The molecule has 1 saturated heterocycles. The number of likely N-dealkylation sites (N-methyl/N-ethyl adjacent to an activating group) is 1. The lowest BCUT2D eigenvalue weighted by Crippen LogP contribution is -2.38. The fourth-order valence-corrected chi connectivity index (χ4v) is 3.15. The Morgan fingerprint density at radius 3 is 2.69 bits per heavy atom. The number of para-hydroxylation sites is 1. The second-order valence-corrected chi connectivity index (χ2v) is 6.83. The number of ether oxygens (including phenoxy) is 2. The number of anilines is 1. The molecule has 0 aromatic heterocycles. The molecule has 6 nitrogen and oxygen atoms in total. The highest BCUT2D eigenvalue weighted by Gasteiger charge is 2.18. The molecule has 0 spiro atoms. The molecule has 144 valence electrons. The molecule has 2 amide bonds. The average Bonchev–Trinajstić information content (AvgIpc) is 3.13. The molecule has 1 aromatic rings. The minimum Gasteiger partial charge on any atom is -0.378 e. The first-order valence-electron chi connectivity index (χ1n) is 8.72. The number of nitrogens with one attached hydrogen (secondary N) is 1. The van der Waals surface area contributed by atoms with Crippen molar-refractivity contribution in [3.8, 4) is 0 Å². The molecule has 26 heavy (non-hydrogen) atoms. The minimum absolute atomic E-state index is 0.0668. The van der Waals surface area contributed by atoms with E-state index in [-0.39, 0.29) is 30.9 Å². The van der Waals surface area contributed by atoms with Crippen LogP contribution in [-0.4, -0.2) is 55.7 Å². The lowest BCUT2D eigenvalue weighted by atomic mass is 10.2. The first-order valence-corrected chi connectivity index (χ1v) is 9.47. The standard InChI is InChI=1S/C18H24Cl2N2O4/c1-2-22(17(24)8-10-25-12-13-5-4-9-26-13)11-16(23)21-18-14(19)6-3-7-15(18)20/h3,6-7,13H,2,4-5,8-12H2,1H3,(H,21,23). The van der Waals surface area contributed by atoms with Crippen LogP contribution in [0.5, 0.6) is 0 Å².